The van der Waals surface area contributed by atoms with Gasteiger partial charge in [-0.05, 0) is 36.1 Å². The smallest absolute Gasteiger partial charge is 0.350 e. The molecule has 0 fully saturated rings. The van der Waals surface area contributed by atoms with Crippen molar-refractivity contribution in [1.82, 2.24) is 0 Å². The van der Waals surface area contributed by atoms with Crippen molar-refractivity contribution in [1.29, 1.82) is 0 Å². The van der Waals surface area contributed by atoms with E-state index in [0.29, 0.717) is 17.7 Å². The van der Waals surface area contributed by atoms with Crippen molar-refractivity contribution in [3.63, 3.8) is 0 Å². The first-order valence-electron chi connectivity index (χ1n) is 6.64. The molecule has 3 nitrogen and oxygen atoms in total. The average Bonchev–Trinajstić information content (AvgIpc) is 2.41. The van der Waals surface area contributed by atoms with Crippen molar-refractivity contribution in [2.24, 2.45) is 0 Å². The SMILES string of the molecule is CCCCC1CC(F)(F)S(=O)(=O)c2ccc(OC)cc21. The Morgan fingerprint density at radius 2 is 2.10 bits per heavy atom. The lowest BCUT2D eigenvalue weighted by molar-refractivity contribution is 0.0674. The van der Waals surface area contributed by atoms with Gasteiger partial charge in [-0.2, -0.15) is 8.78 Å². The molecule has 1 aliphatic heterocycles. The summed E-state index contributed by atoms with van der Waals surface area (Å²) in [6, 6.07) is 4.21. The Morgan fingerprint density at radius 1 is 1.40 bits per heavy atom. The van der Waals surface area contributed by atoms with Gasteiger partial charge in [-0.3, -0.25) is 0 Å². The molecule has 6 heteroatoms. The van der Waals surface area contributed by atoms with Gasteiger partial charge in [0.15, 0.2) is 0 Å². The molecule has 1 unspecified atom stereocenters. The molecule has 1 aliphatic rings. The Kier molecular flexibility index (Phi) is 4.04. The molecule has 0 radical (unpaired) electrons. The van der Waals surface area contributed by atoms with Crippen molar-refractivity contribution in [2.45, 2.75) is 48.7 Å². The van der Waals surface area contributed by atoms with Crippen molar-refractivity contribution >= 4 is 9.84 Å². The minimum atomic E-state index is -4.59. The van der Waals surface area contributed by atoms with E-state index in [1.165, 1.54) is 19.2 Å². The van der Waals surface area contributed by atoms with Crippen LogP contribution >= 0.6 is 0 Å². The molecule has 0 aromatic heterocycles. The van der Waals surface area contributed by atoms with Gasteiger partial charge < -0.3 is 4.74 Å². The zero-order valence-electron chi connectivity index (χ0n) is 11.5. The molecule has 0 spiro atoms. The van der Waals surface area contributed by atoms with E-state index in [9.17, 15) is 17.2 Å². The minimum absolute atomic E-state index is 0.254. The third-order valence-corrected chi connectivity index (χ3v) is 5.63. The summed E-state index contributed by atoms with van der Waals surface area (Å²) in [5, 5.41) is -3.69. The molecule has 1 atom stereocenters. The van der Waals surface area contributed by atoms with Gasteiger partial charge in [0, 0.05) is 6.42 Å². The molecule has 0 bridgehead atoms. The van der Waals surface area contributed by atoms with E-state index in [-0.39, 0.29) is 4.90 Å². The predicted octanol–water partition coefficient (Wildman–Crippen LogP) is 3.74. The van der Waals surface area contributed by atoms with Crippen LogP contribution in [0.5, 0.6) is 5.75 Å². The summed E-state index contributed by atoms with van der Waals surface area (Å²) in [6.45, 7) is 1.98. The molecule has 0 N–H and O–H groups in total. The number of benzene rings is 1. The number of halogens is 2. The number of unbranched alkanes of at least 4 members (excludes halogenated alkanes) is 1. The highest BCUT2D eigenvalue weighted by Gasteiger charge is 2.52. The van der Waals surface area contributed by atoms with Crippen molar-refractivity contribution < 1.29 is 21.9 Å². The maximum atomic E-state index is 13.9. The zero-order chi connectivity index (χ0) is 15.0. The van der Waals surface area contributed by atoms with Crippen LogP contribution in [0.1, 0.15) is 44.1 Å². The Balaban J connectivity index is 2.55. The summed E-state index contributed by atoms with van der Waals surface area (Å²) in [5.74, 6) is 0.0456. The highest BCUT2D eigenvalue weighted by molar-refractivity contribution is 7.92. The Morgan fingerprint density at radius 3 is 2.70 bits per heavy atom. The van der Waals surface area contributed by atoms with Gasteiger partial charge in [0.25, 0.3) is 0 Å². The first-order valence-corrected chi connectivity index (χ1v) is 8.12. The summed E-state index contributed by atoms with van der Waals surface area (Å²) in [6.07, 6.45) is 1.59. The number of methoxy groups -OCH3 is 1. The third-order valence-electron chi connectivity index (χ3n) is 3.73. The summed E-state index contributed by atoms with van der Waals surface area (Å²) in [7, 11) is -3.13. The molecular weight excluding hydrogens is 286 g/mol. The van der Waals surface area contributed by atoms with Crippen molar-refractivity contribution in [2.75, 3.05) is 7.11 Å². The summed E-state index contributed by atoms with van der Waals surface area (Å²) in [4.78, 5) is -0.254. The Labute approximate surface area is 117 Å². The van der Waals surface area contributed by atoms with Gasteiger partial charge in [0.2, 0.25) is 9.84 Å². The van der Waals surface area contributed by atoms with E-state index < -0.39 is 27.4 Å². The quantitative estimate of drug-likeness (QED) is 0.851. The monoisotopic (exact) mass is 304 g/mol. The maximum absolute atomic E-state index is 13.9. The van der Waals surface area contributed by atoms with Crippen LogP contribution in [0.25, 0.3) is 0 Å². The summed E-state index contributed by atoms with van der Waals surface area (Å²) < 4.78 is 56.8. The second-order valence-electron chi connectivity index (χ2n) is 5.09. The molecule has 0 saturated heterocycles. The molecule has 1 aromatic carbocycles. The second kappa shape index (κ2) is 5.31. The molecule has 1 aromatic rings. The topological polar surface area (TPSA) is 43.4 Å². The summed E-state index contributed by atoms with van der Waals surface area (Å²) in [5.41, 5.74) is 0.462. The second-order valence-corrected chi connectivity index (χ2v) is 7.13. The maximum Gasteiger partial charge on any atom is 0.350 e. The molecule has 0 amide bonds. The molecule has 0 saturated carbocycles. The number of sulfone groups is 1. The van der Waals surface area contributed by atoms with Crippen LogP contribution in [0.2, 0.25) is 0 Å². The van der Waals surface area contributed by atoms with Gasteiger partial charge in [-0.1, -0.05) is 19.8 Å². The van der Waals surface area contributed by atoms with Gasteiger partial charge in [0.05, 0.1) is 12.0 Å². The highest BCUT2D eigenvalue weighted by Crippen LogP contribution is 2.48. The molecule has 0 aliphatic carbocycles. The molecule has 2 rings (SSSR count). The van der Waals surface area contributed by atoms with Gasteiger partial charge >= 0.3 is 5.25 Å². The highest BCUT2D eigenvalue weighted by atomic mass is 32.2. The Bertz CT molecular complexity index is 596. The minimum Gasteiger partial charge on any atom is -0.497 e. The molecule has 1 heterocycles. The fourth-order valence-corrected chi connectivity index (χ4v) is 4.12. The number of hydrogen-bond acceptors (Lipinski definition) is 3. The van der Waals surface area contributed by atoms with Crippen LogP contribution in [0.3, 0.4) is 0 Å². The van der Waals surface area contributed by atoms with E-state index in [0.717, 1.165) is 12.8 Å². The summed E-state index contributed by atoms with van der Waals surface area (Å²) >= 11 is 0. The number of hydrogen-bond donors (Lipinski definition) is 0. The van der Waals surface area contributed by atoms with E-state index in [2.05, 4.69) is 0 Å². The number of alkyl halides is 2. The molecule has 20 heavy (non-hydrogen) atoms. The molecule has 112 valence electrons. The normalized spacial score (nSPS) is 23.1. The van der Waals surface area contributed by atoms with Crippen LogP contribution in [0.4, 0.5) is 8.78 Å². The van der Waals surface area contributed by atoms with Gasteiger partial charge in [0.1, 0.15) is 5.75 Å². The lowest BCUT2D eigenvalue weighted by Gasteiger charge is -2.31. The van der Waals surface area contributed by atoms with Crippen LogP contribution in [0, 0.1) is 0 Å². The average molecular weight is 304 g/mol. The zero-order valence-corrected chi connectivity index (χ0v) is 12.3. The van der Waals surface area contributed by atoms with Crippen molar-refractivity contribution in [3.8, 4) is 5.75 Å². The Hall–Kier alpha value is -1.17. The van der Waals surface area contributed by atoms with E-state index in [1.54, 1.807) is 6.07 Å². The lowest BCUT2D eigenvalue weighted by Crippen LogP contribution is -2.36. The standard InChI is InChI=1S/C14H18F2O3S/c1-3-4-5-10-9-14(15,16)20(17,18)13-7-6-11(19-2)8-12(10)13/h6-8,10H,3-5,9H2,1-2H3. The van der Waals surface area contributed by atoms with Gasteiger partial charge in [-0.15, -0.1) is 0 Å². The van der Waals surface area contributed by atoms with Crippen LogP contribution < -0.4 is 4.74 Å². The van der Waals surface area contributed by atoms with Crippen LogP contribution in [-0.2, 0) is 9.84 Å². The molecular formula is C14H18F2O3S. The number of fused-ring (bicyclic) bond motifs is 1. The van der Waals surface area contributed by atoms with Gasteiger partial charge in [-0.25, -0.2) is 8.42 Å². The largest absolute Gasteiger partial charge is 0.497 e. The fourth-order valence-electron chi connectivity index (χ4n) is 2.59. The predicted molar refractivity (Wildman–Crippen MR) is 72.0 cm³/mol. The van der Waals surface area contributed by atoms with Crippen LogP contribution in [-0.4, -0.2) is 20.8 Å². The number of rotatable bonds is 4. The van der Waals surface area contributed by atoms with E-state index in [1.807, 2.05) is 6.92 Å². The van der Waals surface area contributed by atoms with Crippen molar-refractivity contribution in [3.05, 3.63) is 23.8 Å². The lowest BCUT2D eigenvalue weighted by atomic mass is 9.90. The number of ether oxygens (including phenoxy) is 1. The first-order chi connectivity index (χ1) is 9.33. The van der Waals surface area contributed by atoms with E-state index in [4.69, 9.17) is 4.74 Å². The fraction of sp³-hybridized carbons (Fsp3) is 0.571. The third kappa shape index (κ3) is 2.41. The van der Waals surface area contributed by atoms with Crippen LogP contribution in [0.15, 0.2) is 23.1 Å². The van der Waals surface area contributed by atoms with E-state index >= 15 is 0 Å². The first kappa shape index (κ1) is 15.2.